The summed E-state index contributed by atoms with van der Waals surface area (Å²) in [7, 11) is 0. The summed E-state index contributed by atoms with van der Waals surface area (Å²) in [6.07, 6.45) is 4.94. The van der Waals surface area contributed by atoms with Crippen molar-refractivity contribution in [2.24, 2.45) is 0 Å². The van der Waals surface area contributed by atoms with Crippen LogP contribution in [-0.2, 0) is 4.79 Å². The van der Waals surface area contributed by atoms with Crippen LogP contribution in [0.3, 0.4) is 0 Å². The van der Waals surface area contributed by atoms with Crippen molar-refractivity contribution in [1.82, 2.24) is 15.1 Å². The zero-order chi connectivity index (χ0) is 19.3. The van der Waals surface area contributed by atoms with Crippen molar-refractivity contribution in [1.29, 1.82) is 0 Å². The lowest BCUT2D eigenvalue weighted by atomic mass is 10.1. The minimum absolute atomic E-state index is 0.0380. The van der Waals surface area contributed by atoms with Gasteiger partial charge in [0.15, 0.2) is 0 Å². The van der Waals surface area contributed by atoms with Crippen LogP contribution >= 0.6 is 11.3 Å². The van der Waals surface area contributed by atoms with Crippen LogP contribution in [-0.4, -0.2) is 54.5 Å². The molecule has 2 aliphatic heterocycles. The van der Waals surface area contributed by atoms with Crippen LogP contribution < -0.4 is 5.32 Å². The highest BCUT2D eigenvalue weighted by Gasteiger charge is 2.29. The zero-order valence-corrected chi connectivity index (χ0v) is 17.0. The molecule has 4 nitrogen and oxygen atoms in total. The molecule has 4 rings (SSSR count). The van der Waals surface area contributed by atoms with Crippen LogP contribution in [0.4, 0.5) is 4.39 Å². The van der Waals surface area contributed by atoms with Gasteiger partial charge in [0.05, 0.1) is 12.6 Å². The van der Waals surface area contributed by atoms with Crippen molar-refractivity contribution in [3.05, 3.63) is 58.0 Å². The molecule has 1 aromatic carbocycles. The lowest BCUT2D eigenvalue weighted by molar-refractivity contribution is -0.123. The lowest BCUT2D eigenvalue weighted by Crippen LogP contribution is -2.45. The SMILES string of the molecule is O=C(CN1CCCC1CN1CCCC1)NC(c1ccc(F)cc1)c1cccs1. The largest absolute Gasteiger partial charge is 0.343 e. The molecule has 2 atom stereocenters. The maximum absolute atomic E-state index is 13.3. The van der Waals surface area contributed by atoms with E-state index in [-0.39, 0.29) is 17.8 Å². The Bertz CT molecular complexity index is 759. The van der Waals surface area contributed by atoms with Crippen molar-refractivity contribution < 1.29 is 9.18 Å². The van der Waals surface area contributed by atoms with E-state index in [1.165, 1.54) is 44.5 Å². The predicted octanol–water partition coefficient (Wildman–Crippen LogP) is 3.65. The van der Waals surface area contributed by atoms with Crippen molar-refractivity contribution in [2.45, 2.75) is 37.8 Å². The number of rotatable bonds is 7. The van der Waals surface area contributed by atoms with Crippen LogP contribution in [0.1, 0.15) is 42.2 Å². The molecule has 3 heterocycles. The van der Waals surface area contributed by atoms with Gasteiger partial charge in [0.2, 0.25) is 5.91 Å². The summed E-state index contributed by atoms with van der Waals surface area (Å²) in [6.45, 7) is 4.90. The molecule has 0 saturated carbocycles. The van der Waals surface area contributed by atoms with Gasteiger partial charge in [-0.3, -0.25) is 9.69 Å². The van der Waals surface area contributed by atoms with Gasteiger partial charge < -0.3 is 10.2 Å². The van der Waals surface area contributed by atoms with Gasteiger partial charge in [-0.1, -0.05) is 18.2 Å². The molecule has 150 valence electrons. The summed E-state index contributed by atoms with van der Waals surface area (Å²) in [6, 6.07) is 10.7. The lowest BCUT2D eigenvalue weighted by Gasteiger charge is -2.28. The fourth-order valence-electron chi connectivity index (χ4n) is 4.39. The summed E-state index contributed by atoms with van der Waals surface area (Å²) >= 11 is 1.61. The van der Waals surface area contributed by atoms with E-state index in [1.54, 1.807) is 23.5 Å². The minimum atomic E-state index is -0.262. The molecule has 1 amide bonds. The Morgan fingerprint density at radius 2 is 1.93 bits per heavy atom. The van der Waals surface area contributed by atoms with Crippen LogP contribution in [0.25, 0.3) is 0 Å². The molecule has 2 aromatic rings. The molecule has 28 heavy (non-hydrogen) atoms. The third-order valence-corrected chi connectivity index (χ3v) is 6.79. The predicted molar refractivity (Wildman–Crippen MR) is 111 cm³/mol. The zero-order valence-electron chi connectivity index (χ0n) is 16.1. The van der Waals surface area contributed by atoms with Crippen molar-refractivity contribution in [3.63, 3.8) is 0 Å². The van der Waals surface area contributed by atoms with Crippen molar-refractivity contribution in [3.8, 4) is 0 Å². The number of thiophene rings is 1. The fourth-order valence-corrected chi connectivity index (χ4v) is 5.20. The Morgan fingerprint density at radius 1 is 1.14 bits per heavy atom. The monoisotopic (exact) mass is 401 g/mol. The number of benzene rings is 1. The molecule has 2 unspecified atom stereocenters. The fraction of sp³-hybridized carbons (Fsp3) is 0.500. The van der Waals surface area contributed by atoms with E-state index in [1.807, 2.05) is 17.5 Å². The van der Waals surface area contributed by atoms with E-state index >= 15 is 0 Å². The molecule has 0 aliphatic carbocycles. The van der Waals surface area contributed by atoms with Gasteiger partial charge >= 0.3 is 0 Å². The highest BCUT2D eigenvalue weighted by molar-refractivity contribution is 7.10. The molecular formula is C22H28FN3OS. The minimum Gasteiger partial charge on any atom is -0.343 e. The average Bonchev–Trinajstić information content (AvgIpc) is 3.45. The van der Waals surface area contributed by atoms with E-state index in [2.05, 4.69) is 15.1 Å². The van der Waals surface area contributed by atoms with Crippen molar-refractivity contribution in [2.75, 3.05) is 32.7 Å². The third-order valence-electron chi connectivity index (χ3n) is 5.85. The summed E-state index contributed by atoms with van der Waals surface area (Å²) < 4.78 is 13.3. The Labute approximate surface area is 170 Å². The number of nitrogens with zero attached hydrogens (tertiary/aromatic N) is 2. The van der Waals surface area contributed by atoms with E-state index in [9.17, 15) is 9.18 Å². The first-order valence-electron chi connectivity index (χ1n) is 10.2. The molecular weight excluding hydrogens is 373 g/mol. The Balaban J connectivity index is 1.40. The first-order chi connectivity index (χ1) is 13.7. The molecule has 2 saturated heterocycles. The number of hydrogen-bond donors (Lipinski definition) is 1. The van der Waals surface area contributed by atoms with E-state index in [4.69, 9.17) is 0 Å². The maximum Gasteiger partial charge on any atom is 0.234 e. The first-order valence-corrected chi connectivity index (χ1v) is 11.1. The van der Waals surface area contributed by atoms with Crippen molar-refractivity contribution >= 4 is 17.2 Å². The number of nitrogens with one attached hydrogen (secondary N) is 1. The second-order valence-electron chi connectivity index (χ2n) is 7.84. The molecule has 0 bridgehead atoms. The second kappa shape index (κ2) is 9.16. The molecule has 6 heteroatoms. The van der Waals surface area contributed by atoms with Gasteiger partial charge in [-0.2, -0.15) is 0 Å². The van der Waals surface area contributed by atoms with E-state index in [0.717, 1.165) is 30.0 Å². The topological polar surface area (TPSA) is 35.6 Å². The van der Waals surface area contributed by atoms with Gasteiger partial charge in [-0.25, -0.2) is 4.39 Å². The van der Waals surface area contributed by atoms with Crippen LogP contribution in [0.5, 0.6) is 0 Å². The number of hydrogen-bond acceptors (Lipinski definition) is 4. The average molecular weight is 402 g/mol. The van der Waals surface area contributed by atoms with Gasteiger partial charge in [-0.15, -0.1) is 11.3 Å². The normalized spacial score (nSPS) is 21.8. The quantitative estimate of drug-likeness (QED) is 0.769. The summed E-state index contributed by atoms with van der Waals surface area (Å²) in [5.74, 6) is -0.224. The number of carbonyl (C=O) groups is 1. The van der Waals surface area contributed by atoms with Crippen LogP contribution in [0, 0.1) is 5.82 Å². The molecule has 1 aromatic heterocycles. The number of halogens is 1. The standard InChI is InChI=1S/C22H28FN3OS/c23-18-9-7-17(8-10-18)22(20-6-4-14-28-20)24-21(27)16-26-13-3-5-19(26)15-25-11-1-2-12-25/h4,6-10,14,19,22H,1-3,5,11-13,15-16H2,(H,24,27). The highest BCUT2D eigenvalue weighted by Crippen LogP contribution is 2.27. The van der Waals surface area contributed by atoms with E-state index < -0.39 is 0 Å². The molecule has 1 N–H and O–H groups in total. The van der Waals surface area contributed by atoms with Gasteiger partial charge in [0.1, 0.15) is 5.82 Å². The Kier molecular flexibility index (Phi) is 6.40. The second-order valence-corrected chi connectivity index (χ2v) is 8.82. The molecule has 2 fully saturated rings. The van der Waals surface area contributed by atoms with Gasteiger partial charge in [0, 0.05) is 17.5 Å². The maximum atomic E-state index is 13.3. The summed E-state index contributed by atoms with van der Waals surface area (Å²) in [4.78, 5) is 18.8. The summed E-state index contributed by atoms with van der Waals surface area (Å²) in [5.41, 5.74) is 0.909. The van der Waals surface area contributed by atoms with Gasteiger partial charge in [0.25, 0.3) is 0 Å². The molecule has 2 aliphatic rings. The summed E-state index contributed by atoms with van der Waals surface area (Å²) in [5, 5.41) is 5.19. The third kappa shape index (κ3) is 4.80. The Hall–Kier alpha value is -1.76. The van der Waals surface area contributed by atoms with Gasteiger partial charge in [-0.05, 0) is 74.5 Å². The highest BCUT2D eigenvalue weighted by atomic mass is 32.1. The van der Waals surface area contributed by atoms with Crippen LogP contribution in [0.15, 0.2) is 41.8 Å². The van der Waals surface area contributed by atoms with E-state index in [0.29, 0.717) is 12.6 Å². The number of likely N-dealkylation sites (tertiary alicyclic amines) is 2. The van der Waals surface area contributed by atoms with Crippen LogP contribution in [0.2, 0.25) is 0 Å². The molecule has 0 spiro atoms. The smallest absolute Gasteiger partial charge is 0.234 e. The number of carbonyl (C=O) groups excluding carboxylic acids is 1. The Morgan fingerprint density at radius 3 is 2.64 bits per heavy atom. The first kappa shape index (κ1) is 19.6. The number of amides is 1. The molecule has 0 radical (unpaired) electrons.